The predicted octanol–water partition coefficient (Wildman–Crippen LogP) is 1.13. The van der Waals surface area contributed by atoms with E-state index in [4.69, 9.17) is 4.42 Å². The fraction of sp³-hybridized carbons (Fsp3) is 0.250. The van der Waals surface area contributed by atoms with E-state index in [0.717, 1.165) is 5.56 Å². The molecule has 0 aliphatic heterocycles. The van der Waals surface area contributed by atoms with Gasteiger partial charge in [-0.3, -0.25) is 14.0 Å². The molecule has 0 fully saturated rings. The first kappa shape index (κ1) is 15.7. The van der Waals surface area contributed by atoms with Gasteiger partial charge >= 0.3 is 0 Å². The van der Waals surface area contributed by atoms with E-state index in [2.05, 4.69) is 15.3 Å². The van der Waals surface area contributed by atoms with E-state index >= 15 is 0 Å². The lowest BCUT2D eigenvalue weighted by Crippen LogP contribution is -2.36. The van der Waals surface area contributed by atoms with Gasteiger partial charge in [-0.05, 0) is 18.6 Å². The number of likely N-dealkylation sites (N-methyl/N-ethyl adjacent to an activating group) is 1. The molecule has 0 saturated carbocycles. The van der Waals surface area contributed by atoms with Crippen molar-refractivity contribution in [3.8, 4) is 0 Å². The molecule has 24 heavy (non-hydrogen) atoms. The highest BCUT2D eigenvalue weighted by Gasteiger charge is 2.15. The third-order valence-electron chi connectivity index (χ3n) is 3.62. The molecule has 0 aliphatic carbocycles. The van der Waals surface area contributed by atoms with Crippen LogP contribution in [0, 0.1) is 6.92 Å². The van der Waals surface area contributed by atoms with Crippen molar-refractivity contribution in [2.24, 2.45) is 0 Å². The first-order chi connectivity index (χ1) is 11.6. The van der Waals surface area contributed by atoms with Crippen LogP contribution in [0.5, 0.6) is 0 Å². The highest BCUT2D eigenvalue weighted by atomic mass is 16.3. The van der Waals surface area contributed by atoms with Crippen LogP contribution in [0.3, 0.4) is 0 Å². The molecule has 3 aromatic rings. The van der Waals surface area contributed by atoms with Crippen molar-refractivity contribution in [3.05, 3.63) is 54.1 Å². The maximum absolute atomic E-state index is 12.3. The first-order valence-electron chi connectivity index (χ1n) is 7.42. The van der Waals surface area contributed by atoms with Crippen LogP contribution in [-0.4, -0.2) is 51.2 Å². The number of carbonyl (C=O) groups excluding carboxylic acids is 2. The van der Waals surface area contributed by atoms with Gasteiger partial charge in [-0.25, -0.2) is 9.97 Å². The van der Waals surface area contributed by atoms with E-state index in [9.17, 15) is 9.59 Å². The number of oxazole rings is 1. The van der Waals surface area contributed by atoms with Crippen molar-refractivity contribution in [1.82, 2.24) is 24.6 Å². The van der Waals surface area contributed by atoms with Crippen LogP contribution >= 0.6 is 0 Å². The summed E-state index contributed by atoms with van der Waals surface area (Å²) in [6.45, 7) is 2.62. The number of carbonyl (C=O) groups is 2. The summed E-state index contributed by atoms with van der Waals surface area (Å²) in [7, 11) is 1.64. The summed E-state index contributed by atoms with van der Waals surface area (Å²) in [5.41, 5.74) is 2.44. The van der Waals surface area contributed by atoms with Gasteiger partial charge in [0.15, 0.2) is 12.1 Å². The number of hydrogen-bond donors (Lipinski definition) is 1. The number of imidazole rings is 1. The molecule has 0 aromatic carbocycles. The Morgan fingerprint density at radius 3 is 2.92 bits per heavy atom. The lowest BCUT2D eigenvalue weighted by Gasteiger charge is -2.15. The van der Waals surface area contributed by atoms with E-state index in [1.807, 2.05) is 25.3 Å². The molecule has 3 heterocycles. The van der Waals surface area contributed by atoms with Crippen molar-refractivity contribution < 1.29 is 14.0 Å². The van der Waals surface area contributed by atoms with Gasteiger partial charge in [0.05, 0.1) is 6.20 Å². The third kappa shape index (κ3) is 3.12. The summed E-state index contributed by atoms with van der Waals surface area (Å²) < 4.78 is 6.53. The second-order valence-electron chi connectivity index (χ2n) is 5.43. The molecule has 124 valence electrons. The van der Waals surface area contributed by atoms with Gasteiger partial charge in [0.1, 0.15) is 17.6 Å². The first-order valence-corrected chi connectivity index (χ1v) is 7.42. The molecule has 0 spiro atoms. The Morgan fingerprint density at radius 1 is 1.33 bits per heavy atom. The molecular weight excluding hydrogens is 310 g/mol. The van der Waals surface area contributed by atoms with Crippen molar-refractivity contribution in [2.75, 3.05) is 20.1 Å². The largest absolute Gasteiger partial charge is 0.451 e. The molecule has 1 N–H and O–H groups in total. The molecular formula is C16H17N5O3. The molecule has 0 saturated heterocycles. The van der Waals surface area contributed by atoms with Crippen LogP contribution in [0.15, 0.2) is 41.6 Å². The smallest absolute Gasteiger partial charge is 0.275 e. The second-order valence-corrected chi connectivity index (χ2v) is 5.43. The van der Waals surface area contributed by atoms with Gasteiger partial charge in [0, 0.05) is 26.3 Å². The zero-order chi connectivity index (χ0) is 17.1. The number of hydrogen-bond acceptors (Lipinski definition) is 5. The van der Waals surface area contributed by atoms with Crippen molar-refractivity contribution in [1.29, 1.82) is 0 Å². The summed E-state index contributed by atoms with van der Waals surface area (Å²) in [6.07, 6.45) is 5.89. The van der Waals surface area contributed by atoms with Gasteiger partial charge < -0.3 is 14.6 Å². The number of aromatic nitrogens is 3. The minimum Gasteiger partial charge on any atom is -0.451 e. The predicted molar refractivity (Wildman–Crippen MR) is 85.7 cm³/mol. The third-order valence-corrected chi connectivity index (χ3v) is 3.62. The van der Waals surface area contributed by atoms with Crippen LogP contribution in [0.1, 0.15) is 26.5 Å². The van der Waals surface area contributed by atoms with Gasteiger partial charge in [-0.1, -0.05) is 6.07 Å². The minimum atomic E-state index is -0.261. The number of aryl methyl sites for hydroxylation is 1. The molecule has 0 unspecified atom stereocenters. The summed E-state index contributed by atoms with van der Waals surface area (Å²) in [4.78, 5) is 33.8. The number of pyridine rings is 1. The monoisotopic (exact) mass is 327 g/mol. The van der Waals surface area contributed by atoms with Crippen LogP contribution in [0.25, 0.3) is 5.65 Å². The molecule has 0 radical (unpaired) electrons. The topological polar surface area (TPSA) is 92.7 Å². The Morgan fingerprint density at radius 2 is 2.17 bits per heavy atom. The van der Waals surface area contributed by atoms with Crippen molar-refractivity contribution >= 4 is 17.5 Å². The summed E-state index contributed by atoms with van der Waals surface area (Å²) in [5, 5.41) is 2.79. The fourth-order valence-corrected chi connectivity index (χ4v) is 2.30. The molecule has 0 bridgehead atoms. The molecule has 8 heteroatoms. The van der Waals surface area contributed by atoms with E-state index in [-0.39, 0.29) is 17.5 Å². The summed E-state index contributed by atoms with van der Waals surface area (Å²) in [6, 6.07) is 3.80. The molecule has 0 aliphatic rings. The summed E-state index contributed by atoms with van der Waals surface area (Å²) >= 11 is 0. The molecule has 3 aromatic heterocycles. The normalized spacial score (nSPS) is 10.8. The molecule has 2 amide bonds. The van der Waals surface area contributed by atoms with Crippen LogP contribution in [-0.2, 0) is 0 Å². The second kappa shape index (κ2) is 6.53. The zero-order valence-corrected chi connectivity index (χ0v) is 13.4. The SMILES string of the molecule is Cc1ccc2ncc(C(=O)NCCN(C)C(=O)c3cocn3)n2c1. The Labute approximate surface area is 138 Å². The van der Waals surface area contributed by atoms with Gasteiger partial charge in [0.2, 0.25) is 0 Å². The van der Waals surface area contributed by atoms with Crippen LogP contribution in [0.2, 0.25) is 0 Å². The highest BCUT2D eigenvalue weighted by Crippen LogP contribution is 2.08. The Bertz CT molecular complexity index is 869. The quantitative estimate of drug-likeness (QED) is 0.758. The Hall–Kier alpha value is -3.16. The molecule has 0 atom stereocenters. The number of nitrogens with zero attached hydrogens (tertiary/aromatic N) is 4. The van der Waals surface area contributed by atoms with E-state index in [0.29, 0.717) is 24.4 Å². The van der Waals surface area contributed by atoms with E-state index in [1.165, 1.54) is 23.8 Å². The van der Waals surface area contributed by atoms with Crippen molar-refractivity contribution in [2.45, 2.75) is 6.92 Å². The van der Waals surface area contributed by atoms with E-state index in [1.54, 1.807) is 11.4 Å². The molecule has 8 nitrogen and oxygen atoms in total. The maximum Gasteiger partial charge on any atom is 0.275 e. The van der Waals surface area contributed by atoms with Gasteiger partial charge in [0.25, 0.3) is 11.8 Å². The fourth-order valence-electron chi connectivity index (χ4n) is 2.30. The summed E-state index contributed by atoms with van der Waals surface area (Å²) in [5.74, 6) is -0.501. The van der Waals surface area contributed by atoms with Crippen LogP contribution < -0.4 is 5.32 Å². The minimum absolute atomic E-state index is 0.237. The van der Waals surface area contributed by atoms with Crippen LogP contribution in [0.4, 0.5) is 0 Å². The maximum atomic E-state index is 12.3. The number of fused-ring (bicyclic) bond motifs is 1. The average Bonchev–Trinajstić information content (AvgIpc) is 3.23. The highest BCUT2D eigenvalue weighted by molar-refractivity contribution is 5.93. The van der Waals surface area contributed by atoms with E-state index < -0.39 is 0 Å². The van der Waals surface area contributed by atoms with Gasteiger partial charge in [-0.15, -0.1) is 0 Å². The lowest BCUT2D eigenvalue weighted by atomic mass is 10.3. The Balaban J connectivity index is 1.59. The number of rotatable bonds is 5. The number of nitrogens with one attached hydrogen (secondary N) is 1. The standard InChI is InChI=1S/C16H17N5O3/c1-11-3-4-14-18-7-13(21(14)8-11)15(22)17-5-6-20(2)16(23)12-9-24-10-19-12/h3-4,7-10H,5-6H2,1-2H3,(H,17,22). The zero-order valence-electron chi connectivity index (χ0n) is 13.4. The lowest BCUT2D eigenvalue weighted by molar-refractivity contribution is 0.0781. The number of amides is 2. The van der Waals surface area contributed by atoms with Gasteiger partial charge in [-0.2, -0.15) is 0 Å². The van der Waals surface area contributed by atoms with Crippen molar-refractivity contribution in [3.63, 3.8) is 0 Å². The molecule has 3 rings (SSSR count). The average molecular weight is 327 g/mol. The Kier molecular flexibility index (Phi) is 4.28.